The lowest BCUT2D eigenvalue weighted by Gasteiger charge is -2.21. The van der Waals surface area contributed by atoms with Crippen LogP contribution in [0.25, 0.3) is 0 Å². The molecule has 4 rings (SSSR count). The zero-order chi connectivity index (χ0) is 26.6. The van der Waals surface area contributed by atoms with E-state index < -0.39 is 29.8 Å². The minimum Gasteiger partial charge on any atom is -0.390 e. The van der Waals surface area contributed by atoms with Gasteiger partial charge in [0.25, 0.3) is 0 Å². The molecule has 4 N–H and O–H groups in total. The number of nitro groups is 1. The maximum Gasteiger partial charge on any atom is 0.434 e. The predicted molar refractivity (Wildman–Crippen MR) is 135 cm³/mol. The van der Waals surface area contributed by atoms with E-state index in [2.05, 4.69) is 15.1 Å². The number of thioether (sulfide) groups is 1. The summed E-state index contributed by atoms with van der Waals surface area (Å²) < 4.78 is 27.5. The molecule has 1 aromatic carbocycles. The summed E-state index contributed by atoms with van der Waals surface area (Å²) >= 11 is 1.28. The Morgan fingerprint density at radius 1 is 1.32 bits per heavy atom. The zero-order valence-corrected chi connectivity index (χ0v) is 21.5. The van der Waals surface area contributed by atoms with Crippen LogP contribution in [-0.2, 0) is 33.8 Å². The van der Waals surface area contributed by atoms with Crippen molar-refractivity contribution in [1.82, 2.24) is 24.2 Å². The molecule has 2 unspecified atom stereocenters. The van der Waals surface area contributed by atoms with Gasteiger partial charge in [0.05, 0.1) is 19.8 Å². The van der Waals surface area contributed by atoms with Gasteiger partial charge < -0.3 is 21.0 Å². The third-order valence-electron chi connectivity index (χ3n) is 5.65. The molecule has 0 amide bonds. The fraction of sp³-hybridized carbons (Fsp3) is 0.381. The molecule has 0 bridgehead atoms. The van der Waals surface area contributed by atoms with Crippen molar-refractivity contribution in [1.29, 1.82) is 0 Å². The first-order chi connectivity index (χ1) is 17.6. The van der Waals surface area contributed by atoms with Crippen LogP contribution in [0.3, 0.4) is 0 Å². The number of nitrogens with zero attached hydrogens (tertiary/aromatic N) is 5. The largest absolute Gasteiger partial charge is 0.434 e. The fourth-order valence-electron chi connectivity index (χ4n) is 3.69. The number of anilines is 1. The minimum atomic E-state index is -3.92. The van der Waals surface area contributed by atoms with Gasteiger partial charge >= 0.3 is 19.4 Å². The first kappa shape index (κ1) is 27.0. The lowest BCUT2D eigenvalue weighted by molar-refractivity contribution is -0.396. The summed E-state index contributed by atoms with van der Waals surface area (Å²) in [5.41, 5.74) is 6.14. The molecule has 3 aromatic rings. The summed E-state index contributed by atoms with van der Waals surface area (Å²) in [7, 11) is -2.46. The number of benzene rings is 1. The highest BCUT2D eigenvalue weighted by Crippen LogP contribution is 2.48. The normalized spacial score (nSPS) is 21.1. The van der Waals surface area contributed by atoms with Crippen LogP contribution in [0, 0.1) is 10.1 Å². The summed E-state index contributed by atoms with van der Waals surface area (Å²) in [6, 6.07) is 10.7. The van der Waals surface area contributed by atoms with E-state index in [9.17, 15) is 24.6 Å². The molecule has 16 heteroatoms. The Kier molecular flexibility index (Phi) is 8.42. The average Bonchev–Trinajstić information content (AvgIpc) is 3.43. The number of nitrogens with two attached hydrogens (primary N) is 1. The van der Waals surface area contributed by atoms with Crippen LogP contribution in [0.15, 0.2) is 53.6 Å². The number of hydrogen-bond acceptors (Lipinski definition) is 11. The van der Waals surface area contributed by atoms with E-state index in [4.69, 9.17) is 14.8 Å². The molecule has 1 saturated heterocycles. The third kappa shape index (κ3) is 6.63. The Morgan fingerprint density at radius 3 is 2.76 bits per heavy atom. The molecule has 0 aliphatic carbocycles. The molecule has 14 nitrogen and oxygen atoms in total. The number of nitrogens with one attached hydrogen (secondary N) is 1. The maximum absolute atomic E-state index is 13.6. The van der Waals surface area contributed by atoms with Crippen LogP contribution < -0.4 is 16.5 Å². The molecule has 1 aliphatic heterocycles. The Morgan fingerprint density at radius 2 is 2.08 bits per heavy atom. The number of aliphatic hydroxyl groups is 1. The van der Waals surface area contributed by atoms with Crippen LogP contribution in [-0.4, -0.2) is 47.1 Å². The molecule has 2 aromatic heterocycles. The van der Waals surface area contributed by atoms with Gasteiger partial charge in [0, 0.05) is 18.0 Å². The molecule has 0 saturated carbocycles. The van der Waals surface area contributed by atoms with E-state index in [-0.39, 0.29) is 43.2 Å². The molecule has 4 atom stereocenters. The first-order valence-corrected chi connectivity index (χ1v) is 13.6. The molecule has 1 fully saturated rings. The van der Waals surface area contributed by atoms with Gasteiger partial charge in [-0.3, -0.25) is 13.6 Å². The van der Waals surface area contributed by atoms with E-state index in [0.717, 1.165) is 5.56 Å². The van der Waals surface area contributed by atoms with E-state index in [1.54, 1.807) is 0 Å². The predicted octanol–water partition coefficient (Wildman–Crippen LogP) is 1.96. The van der Waals surface area contributed by atoms with Crippen molar-refractivity contribution in [3.05, 3.63) is 80.6 Å². The highest BCUT2D eigenvalue weighted by Gasteiger charge is 2.38. The number of rotatable bonds is 11. The topological polar surface area (TPSA) is 190 Å². The second-order valence-corrected chi connectivity index (χ2v) is 11.5. The average molecular weight is 552 g/mol. The van der Waals surface area contributed by atoms with Crippen LogP contribution in [0.2, 0.25) is 0 Å². The molecule has 0 radical (unpaired) electrons. The Balaban J connectivity index is 1.44. The van der Waals surface area contributed by atoms with Crippen molar-refractivity contribution in [2.24, 2.45) is 7.05 Å². The van der Waals surface area contributed by atoms with Crippen LogP contribution in [0.4, 0.5) is 11.8 Å². The molecule has 3 heterocycles. The molecule has 0 spiro atoms. The van der Waals surface area contributed by atoms with Gasteiger partial charge in [0.1, 0.15) is 29.7 Å². The second kappa shape index (κ2) is 11.5. The number of imidazole rings is 1. The molecular formula is C21H26N7O7PS. The van der Waals surface area contributed by atoms with Crippen molar-refractivity contribution in [2.45, 2.75) is 36.3 Å². The molecule has 1 aliphatic rings. The van der Waals surface area contributed by atoms with Gasteiger partial charge in [-0.15, -0.1) is 11.8 Å². The number of aliphatic hydroxyl groups excluding tert-OH is 1. The quantitative estimate of drug-likeness (QED) is 0.179. The Bertz CT molecular complexity index is 1350. The molecular weight excluding hydrogens is 525 g/mol. The SMILES string of the molecule is Cn1c(COP(=O)(NCc2ccccc2)OC[C@@H]2C[C@H](O)C(n3ccc(N)nc3=O)S2)cnc1[N+](=O)[O-]. The van der Waals surface area contributed by atoms with Gasteiger partial charge in [-0.2, -0.15) is 4.98 Å². The van der Waals surface area contributed by atoms with E-state index >= 15 is 0 Å². The fourth-order valence-corrected chi connectivity index (χ4v) is 6.54. The highest BCUT2D eigenvalue weighted by atomic mass is 32.2. The van der Waals surface area contributed by atoms with Gasteiger partial charge in [0.15, 0.2) is 0 Å². The van der Waals surface area contributed by atoms with E-state index in [1.807, 2.05) is 30.3 Å². The lowest BCUT2D eigenvalue weighted by Crippen LogP contribution is -2.29. The van der Waals surface area contributed by atoms with Crippen molar-refractivity contribution in [3.8, 4) is 0 Å². The third-order valence-corrected chi connectivity index (χ3v) is 8.68. The van der Waals surface area contributed by atoms with Crippen molar-refractivity contribution in [3.63, 3.8) is 0 Å². The standard InChI is InChI=1S/C21H26N7O7PS/c1-26-15(11-23-20(26)28(31)32)12-34-36(33,24-10-14-5-3-2-4-6-14)35-13-16-9-17(29)19(37-16)27-8-7-18(22)25-21(27)30/h2-8,11,16-17,19,29H,9-10,12-13H2,1H3,(H,24,33)(H2,22,25,30)/t16-,17-,19?,36?/m0/s1. The number of nitrogen functional groups attached to an aromatic ring is 1. The van der Waals surface area contributed by atoms with Crippen molar-refractivity contribution >= 4 is 31.3 Å². The summed E-state index contributed by atoms with van der Waals surface area (Å²) in [5, 5.41) is 23.5. The summed E-state index contributed by atoms with van der Waals surface area (Å²) in [5.74, 6) is -0.290. The van der Waals surface area contributed by atoms with E-state index in [0.29, 0.717) is 5.69 Å². The van der Waals surface area contributed by atoms with Crippen LogP contribution in [0.5, 0.6) is 0 Å². The van der Waals surface area contributed by atoms with Crippen molar-refractivity contribution in [2.75, 3.05) is 12.3 Å². The lowest BCUT2D eigenvalue weighted by atomic mass is 10.2. The first-order valence-electron chi connectivity index (χ1n) is 11.2. The Hall–Kier alpha value is -3.07. The Labute approximate surface area is 215 Å². The van der Waals surface area contributed by atoms with Gasteiger partial charge in [0.2, 0.25) is 0 Å². The van der Waals surface area contributed by atoms with Crippen molar-refractivity contribution < 1.29 is 23.6 Å². The van der Waals surface area contributed by atoms with Crippen LogP contribution >= 0.6 is 19.5 Å². The highest BCUT2D eigenvalue weighted by molar-refractivity contribution is 8.00. The minimum absolute atomic E-state index is 0.0556. The van der Waals surface area contributed by atoms with Gasteiger partial charge in [-0.1, -0.05) is 35.3 Å². The smallest absolute Gasteiger partial charge is 0.390 e. The van der Waals surface area contributed by atoms with Gasteiger partial charge in [-0.25, -0.2) is 19.0 Å². The maximum atomic E-state index is 13.6. The summed E-state index contributed by atoms with van der Waals surface area (Å²) in [6.45, 7) is -0.134. The summed E-state index contributed by atoms with van der Waals surface area (Å²) in [4.78, 5) is 30.1. The molecule has 37 heavy (non-hydrogen) atoms. The monoisotopic (exact) mass is 551 g/mol. The van der Waals surface area contributed by atoms with Crippen LogP contribution in [0.1, 0.15) is 23.1 Å². The second-order valence-electron chi connectivity index (χ2n) is 8.25. The number of hydrogen-bond donors (Lipinski definition) is 3. The summed E-state index contributed by atoms with van der Waals surface area (Å²) in [6.07, 6.45) is 2.15. The number of aromatic nitrogens is 4. The zero-order valence-electron chi connectivity index (χ0n) is 19.7. The van der Waals surface area contributed by atoms with Gasteiger partial charge in [-0.05, 0) is 23.0 Å². The molecule has 198 valence electrons. The van der Waals surface area contributed by atoms with E-state index in [1.165, 1.54) is 46.4 Å².